The smallest absolute Gasteiger partial charge is 0.0998 e. The van der Waals surface area contributed by atoms with Crippen molar-refractivity contribution in [1.29, 1.82) is 15.8 Å². The molecule has 0 aliphatic rings. The van der Waals surface area contributed by atoms with E-state index in [1.807, 2.05) is 54.6 Å². The summed E-state index contributed by atoms with van der Waals surface area (Å²) in [7, 11) is 0. The van der Waals surface area contributed by atoms with Gasteiger partial charge in [-0.3, -0.25) is 0 Å². The highest BCUT2D eigenvalue weighted by Crippen LogP contribution is 2.39. The molecule has 0 unspecified atom stereocenters. The van der Waals surface area contributed by atoms with Gasteiger partial charge in [0.15, 0.2) is 0 Å². The summed E-state index contributed by atoms with van der Waals surface area (Å²) in [5.74, 6) is 0. The normalized spacial score (nSPS) is 11.1. The molecule has 0 fully saturated rings. The van der Waals surface area contributed by atoms with Gasteiger partial charge >= 0.3 is 0 Å². The zero-order valence-electron chi connectivity index (χ0n) is 26.7. The summed E-state index contributed by atoms with van der Waals surface area (Å²) in [6.45, 7) is 0. The third-order valence-electron chi connectivity index (χ3n) is 9.63. The maximum atomic E-state index is 10.5. The van der Waals surface area contributed by atoms with Crippen molar-refractivity contribution in [2.75, 3.05) is 0 Å². The summed E-state index contributed by atoms with van der Waals surface area (Å²) >= 11 is 0. The van der Waals surface area contributed by atoms with Crippen molar-refractivity contribution in [3.8, 4) is 51.8 Å². The molecule has 0 amide bonds. The van der Waals surface area contributed by atoms with Crippen LogP contribution in [0.3, 0.4) is 0 Å². The quantitative estimate of drug-likeness (QED) is 0.193. The van der Waals surface area contributed by atoms with Crippen LogP contribution in [0.2, 0.25) is 0 Å². The van der Waals surface area contributed by atoms with Gasteiger partial charge in [-0.25, -0.2) is 0 Å². The Kier molecular flexibility index (Phi) is 6.56. The third kappa shape index (κ3) is 4.31. The molecule has 0 saturated heterocycles. The lowest BCUT2D eigenvalue weighted by Crippen LogP contribution is -1.98. The number of nitriles is 3. The van der Waals surface area contributed by atoms with Gasteiger partial charge in [-0.15, -0.1) is 0 Å². The molecule has 0 bridgehead atoms. The Hall–Kier alpha value is -7.39. The van der Waals surface area contributed by atoms with E-state index in [1.165, 1.54) is 10.8 Å². The molecule has 0 aliphatic heterocycles. The summed E-state index contributed by atoms with van der Waals surface area (Å²) in [4.78, 5) is 0. The molecule has 50 heavy (non-hydrogen) atoms. The van der Waals surface area contributed by atoms with Gasteiger partial charge in [0.05, 0.1) is 62.7 Å². The molecule has 5 heteroatoms. The Morgan fingerprint density at radius 3 is 1.78 bits per heavy atom. The van der Waals surface area contributed by atoms with E-state index < -0.39 is 0 Å². The average molecular weight is 636 g/mol. The number of benzene rings is 7. The van der Waals surface area contributed by atoms with Crippen LogP contribution < -0.4 is 0 Å². The molecule has 0 radical (unpaired) electrons. The number of fused-ring (bicyclic) bond motifs is 6. The van der Waals surface area contributed by atoms with Crippen LogP contribution in [0.15, 0.2) is 152 Å². The molecule has 9 rings (SSSR count). The fourth-order valence-corrected chi connectivity index (χ4v) is 7.48. The Morgan fingerprint density at radius 2 is 1.04 bits per heavy atom. The van der Waals surface area contributed by atoms with Gasteiger partial charge in [-0.1, -0.05) is 84.9 Å². The van der Waals surface area contributed by atoms with Gasteiger partial charge in [0.1, 0.15) is 0 Å². The summed E-state index contributed by atoms with van der Waals surface area (Å²) in [5.41, 5.74) is 11.4. The maximum Gasteiger partial charge on any atom is 0.0998 e. The first-order valence-corrected chi connectivity index (χ1v) is 16.3. The summed E-state index contributed by atoms with van der Waals surface area (Å²) in [5, 5.41) is 34.1. The molecule has 2 aromatic heterocycles. The number of para-hydroxylation sites is 3. The predicted molar refractivity (Wildman–Crippen MR) is 200 cm³/mol. The van der Waals surface area contributed by atoms with Crippen LogP contribution in [0.25, 0.3) is 77.2 Å². The van der Waals surface area contributed by atoms with E-state index in [0.29, 0.717) is 16.7 Å². The largest absolute Gasteiger partial charge is 0.309 e. The number of aromatic nitrogens is 2. The molecule has 230 valence electrons. The maximum absolute atomic E-state index is 10.5. The van der Waals surface area contributed by atoms with Gasteiger partial charge in [0.2, 0.25) is 0 Å². The molecular formula is C45H25N5. The minimum atomic E-state index is 0.525. The van der Waals surface area contributed by atoms with E-state index >= 15 is 0 Å². The summed E-state index contributed by atoms with van der Waals surface area (Å²) in [6.07, 6.45) is 0. The van der Waals surface area contributed by atoms with Crippen molar-refractivity contribution in [2.24, 2.45) is 0 Å². The highest BCUT2D eigenvalue weighted by Gasteiger charge is 2.19. The molecular weight excluding hydrogens is 611 g/mol. The first-order chi connectivity index (χ1) is 24.7. The fourth-order valence-electron chi connectivity index (χ4n) is 7.48. The fraction of sp³-hybridized carbons (Fsp3) is 0. The Balaban J connectivity index is 1.19. The molecule has 7 aromatic carbocycles. The van der Waals surface area contributed by atoms with E-state index in [1.54, 1.807) is 12.1 Å². The van der Waals surface area contributed by atoms with Gasteiger partial charge in [-0.05, 0) is 83.4 Å². The minimum absolute atomic E-state index is 0.525. The minimum Gasteiger partial charge on any atom is -0.309 e. The van der Waals surface area contributed by atoms with Gasteiger partial charge in [0.25, 0.3) is 0 Å². The first-order valence-electron chi connectivity index (χ1n) is 16.3. The molecule has 0 N–H and O–H groups in total. The number of rotatable bonds is 4. The van der Waals surface area contributed by atoms with Crippen molar-refractivity contribution < 1.29 is 0 Å². The molecule has 2 heterocycles. The van der Waals surface area contributed by atoms with Gasteiger partial charge in [0, 0.05) is 32.8 Å². The second-order valence-corrected chi connectivity index (χ2v) is 12.3. The third-order valence-corrected chi connectivity index (χ3v) is 9.63. The molecule has 0 atom stereocenters. The standard InChI is InChI=1S/C45H25N5/c46-26-29-19-22-43-39(23-29)45-32(27-47)11-8-18-44(45)49(43)34-20-21-35(33(25-34)28-48)30-9-7-10-31(24-30)36-12-1-4-15-40(36)50-41-16-5-2-13-37(41)38-14-3-6-17-42(38)50/h1-25H. The zero-order chi connectivity index (χ0) is 33.8. The van der Waals surface area contributed by atoms with E-state index in [2.05, 4.69) is 112 Å². The van der Waals surface area contributed by atoms with Crippen molar-refractivity contribution in [2.45, 2.75) is 0 Å². The first kappa shape index (κ1) is 28.8. The van der Waals surface area contributed by atoms with E-state index in [-0.39, 0.29) is 0 Å². The molecule has 0 aliphatic carbocycles. The predicted octanol–water partition coefficient (Wildman–Crippen LogP) is 10.8. The van der Waals surface area contributed by atoms with Crippen molar-refractivity contribution in [3.63, 3.8) is 0 Å². The van der Waals surface area contributed by atoms with Crippen LogP contribution in [-0.4, -0.2) is 9.13 Å². The van der Waals surface area contributed by atoms with Crippen molar-refractivity contribution >= 4 is 43.6 Å². The molecule has 0 saturated carbocycles. The SMILES string of the molecule is N#Cc1ccc2c(c1)c1c(C#N)cccc1n2-c1ccc(-c2cccc(-c3ccccc3-n3c4ccccc4c4ccccc43)c2)c(C#N)c1. The van der Waals surface area contributed by atoms with Gasteiger partial charge in [-0.2, -0.15) is 15.8 Å². The summed E-state index contributed by atoms with van der Waals surface area (Å²) in [6, 6.07) is 57.9. The molecule has 9 aromatic rings. The monoisotopic (exact) mass is 635 g/mol. The number of hydrogen-bond donors (Lipinski definition) is 0. The van der Waals surface area contributed by atoms with Crippen LogP contribution in [0.4, 0.5) is 0 Å². The number of hydrogen-bond acceptors (Lipinski definition) is 3. The topological polar surface area (TPSA) is 81.2 Å². The lowest BCUT2D eigenvalue weighted by Gasteiger charge is -2.15. The Labute approximate surface area is 287 Å². The van der Waals surface area contributed by atoms with Crippen LogP contribution in [0, 0.1) is 34.0 Å². The van der Waals surface area contributed by atoms with Crippen LogP contribution in [0.5, 0.6) is 0 Å². The van der Waals surface area contributed by atoms with Gasteiger partial charge < -0.3 is 9.13 Å². The van der Waals surface area contributed by atoms with Crippen molar-refractivity contribution in [3.05, 3.63) is 168 Å². The van der Waals surface area contributed by atoms with Crippen LogP contribution in [0.1, 0.15) is 16.7 Å². The Bertz CT molecular complexity index is 2920. The van der Waals surface area contributed by atoms with Crippen LogP contribution in [-0.2, 0) is 0 Å². The van der Waals surface area contributed by atoms with E-state index in [0.717, 1.165) is 66.5 Å². The summed E-state index contributed by atoms with van der Waals surface area (Å²) < 4.78 is 4.40. The average Bonchev–Trinajstić information content (AvgIpc) is 3.70. The zero-order valence-corrected chi connectivity index (χ0v) is 26.7. The highest BCUT2D eigenvalue weighted by molar-refractivity contribution is 6.12. The van der Waals surface area contributed by atoms with E-state index in [9.17, 15) is 15.8 Å². The lowest BCUT2D eigenvalue weighted by molar-refractivity contribution is 1.18. The highest BCUT2D eigenvalue weighted by atomic mass is 15.0. The second kappa shape index (κ2) is 11.4. The molecule has 5 nitrogen and oxygen atoms in total. The van der Waals surface area contributed by atoms with Crippen molar-refractivity contribution in [1.82, 2.24) is 9.13 Å². The lowest BCUT2D eigenvalue weighted by atomic mass is 9.95. The second-order valence-electron chi connectivity index (χ2n) is 12.3. The van der Waals surface area contributed by atoms with Crippen LogP contribution >= 0.6 is 0 Å². The number of nitrogens with zero attached hydrogens (tertiary/aromatic N) is 5. The molecule has 0 spiro atoms. The Morgan fingerprint density at radius 1 is 0.400 bits per heavy atom. The van der Waals surface area contributed by atoms with E-state index in [4.69, 9.17) is 0 Å².